The Labute approximate surface area is 126 Å². The van der Waals surface area contributed by atoms with Gasteiger partial charge in [0.1, 0.15) is 0 Å². The highest BCUT2D eigenvalue weighted by Crippen LogP contribution is 2.70. The molecule has 0 aliphatic carbocycles. The van der Waals surface area contributed by atoms with Crippen LogP contribution in [0, 0.1) is 23.2 Å². The minimum atomic E-state index is -0.179. The van der Waals surface area contributed by atoms with Gasteiger partial charge >= 0.3 is 0 Å². The van der Waals surface area contributed by atoms with Crippen molar-refractivity contribution in [2.24, 2.45) is 23.2 Å². The molecule has 0 bridgehead atoms. The lowest BCUT2D eigenvalue weighted by molar-refractivity contribution is -0.196. The van der Waals surface area contributed by atoms with Gasteiger partial charge in [-0.15, -0.1) is 0 Å². The van der Waals surface area contributed by atoms with Crippen LogP contribution < -0.4 is 0 Å². The quantitative estimate of drug-likeness (QED) is 0.556. The fourth-order valence-corrected chi connectivity index (χ4v) is 7.45. The maximum atomic E-state index is 13.2. The van der Waals surface area contributed by atoms with Crippen LogP contribution in [0.2, 0.25) is 0 Å². The van der Waals surface area contributed by atoms with Gasteiger partial charge in [-0.1, -0.05) is 50.1 Å². The van der Waals surface area contributed by atoms with E-state index in [4.69, 9.17) is 0 Å². The summed E-state index contributed by atoms with van der Waals surface area (Å²) in [6.45, 7) is 17.9. The van der Waals surface area contributed by atoms with E-state index in [0.29, 0.717) is 23.7 Å². The maximum Gasteiger partial charge on any atom is 0.237 e. The molecule has 114 valence electrons. The van der Waals surface area contributed by atoms with E-state index in [-0.39, 0.29) is 10.7 Å². The van der Waals surface area contributed by atoms with Gasteiger partial charge in [0.05, 0.1) is 10.7 Å². The van der Waals surface area contributed by atoms with Gasteiger partial charge in [0, 0.05) is 5.70 Å². The molecule has 1 saturated heterocycles. The van der Waals surface area contributed by atoms with Crippen LogP contribution in [-0.4, -0.2) is 22.2 Å². The third-order valence-corrected chi connectivity index (χ3v) is 8.23. The zero-order chi connectivity index (χ0) is 15.5. The SMILES string of the molecule is CC1=C(C)N2C(=O)C(C(C)C)(C(C)C)C2(C(C)C)PC1. The Bertz CT molecular complexity index is 456. The summed E-state index contributed by atoms with van der Waals surface area (Å²) in [5.74, 6) is 1.67. The van der Waals surface area contributed by atoms with Crippen LogP contribution in [0.3, 0.4) is 0 Å². The largest absolute Gasteiger partial charge is 0.305 e. The highest BCUT2D eigenvalue weighted by Gasteiger charge is 2.74. The molecule has 0 N–H and O–H groups in total. The molecule has 2 rings (SSSR count). The summed E-state index contributed by atoms with van der Waals surface area (Å²) in [5.41, 5.74) is 2.44. The molecule has 0 aromatic heterocycles. The van der Waals surface area contributed by atoms with E-state index in [2.05, 4.69) is 60.3 Å². The second-order valence-electron chi connectivity index (χ2n) is 7.46. The first-order valence-corrected chi connectivity index (χ1v) is 9.12. The summed E-state index contributed by atoms with van der Waals surface area (Å²) in [6, 6.07) is 0. The molecule has 3 heteroatoms. The summed E-state index contributed by atoms with van der Waals surface area (Å²) in [5, 5.41) is 0.0516. The number of β-lactam (4-membered cyclic amide) rings is 1. The fourth-order valence-electron chi connectivity index (χ4n) is 4.85. The fraction of sp³-hybridized carbons (Fsp3) is 0.824. The predicted octanol–water partition coefficient (Wildman–Crippen LogP) is 4.47. The smallest absolute Gasteiger partial charge is 0.237 e. The summed E-state index contributed by atoms with van der Waals surface area (Å²) >= 11 is 0. The molecule has 20 heavy (non-hydrogen) atoms. The number of rotatable bonds is 3. The maximum absolute atomic E-state index is 13.2. The van der Waals surface area contributed by atoms with E-state index < -0.39 is 0 Å². The number of carbonyl (C=O) groups is 1. The molecule has 0 aromatic carbocycles. The lowest BCUT2D eigenvalue weighted by Crippen LogP contribution is -2.81. The van der Waals surface area contributed by atoms with E-state index in [1.165, 1.54) is 11.3 Å². The molecule has 2 unspecified atom stereocenters. The Hall–Kier alpha value is -0.360. The van der Waals surface area contributed by atoms with Gasteiger partial charge in [0.25, 0.3) is 0 Å². The van der Waals surface area contributed by atoms with Crippen LogP contribution in [0.1, 0.15) is 55.4 Å². The van der Waals surface area contributed by atoms with Gasteiger partial charge in [-0.25, -0.2) is 0 Å². The van der Waals surface area contributed by atoms with Crippen LogP contribution in [0.15, 0.2) is 11.3 Å². The van der Waals surface area contributed by atoms with Crippen LogP contribution in [0.5, 0.6) is 0 Å². The molecule has 1 amide bonds. The van der Waals surface area contributed by atoms with Crippen LogP contribution in [-0.2, 0) is 4.79 Å². The number of nitrogens with zero attached hydrogens (tertiary/aromatic N) is 1. The first-order chi connectivity index (χ1) is 9.15. The Morgan fingerprint density at radius 3 is 1.90 bits per heavy atom. The van der Waals surface area contributed by atoms with Crippen molar-refractivity contribution in [2.75, 3.05) is 6.16 Å². The van der Waals surface area contributed by atoms with Crippen molar-refractivity contribution >= 4 is 14.5 Å². The third-order valence-electron chi connectivity index (χ3n) is 5.77. The Morgan fingerprint density at radius 2 is 1.50 bits per heavy atom. The average molecular weight is 295 g/mol. The summed E-state index contributed by atoms with van der Waals surface area (Å²) in [7, 11) is 0.830. The van der Waals surface area contributed by atoms with Crippen molar-refractivity contribution < 1.29 is 4.79 Å². The van der Waals surface area contributed by atoms with Crippen LogP contribution in [0.25, 0.3) is 0 Å². The summed E-state index contributed by atoms with van der Waals surface area (Å²) in [4.78, 5) is 15.3. The van der Waals surface area contributed by atoms with Gasteiger partial charge in [-0.3, -0.25) is 4.79 Å². The third kappa shape index (κ3) is 1.52. The lowest BCUT2D eigenvalue weighted by atomic mass is 9.54. The van der Waals surface area contributed by atoms with Gasteiger partial charge in [-0.05, 0) is 43.3 Å². The van der Waals surface area contributed by atoms with Crippen molar-refractivity contribution in [3.8, 4) is 0 Å². The number of hydrogen-bond donors (Lipinski definition) is 0. The zero-order valence-electron chi connectivity index (χ0n) is 14.3. The normalized spacial score (nSPS) is 30.6. The lowest BCUT2D eigenvalue weighted by Gasteiger charge is -2.72. The monoisotopic (exact) mass is 295 g/mol. The van der Waals surface area contributed by atoms with E-state index in [9.17, 15) is 4.79 Å². The number of amides is 1. The molecular weight excluding hydrogens is 265 g/mol. The molecule has 0 spiro atoms. The standard InChI is InChI=1S/C17H30NOP/c1-10(2)16(11(3)4)15(19)18-14(8)13(7)9-20-17(16,18)12(5)6/h10-12,20H,9H2,1-8H3. The highest BCUT2D eigenvalue weighted by atomic mass is 31.1. The molecule has 0 saturated carbocycles. The topological polar surface area (TPSA) is 20.3 Å². The Kier molecular flexibility index (Phi) is 3.87. The minimum absolute atomic E-state index is 0.0516. The van der Waals surface area contributed by atoms with Gasteiger partial charge in [0.2, 0.25) is 5.91 Å². The van der Waals surface area contributed by atoms with Crippen molar-refractivity contribution in [2.45, 2.75) is 60.7 Å². The van der Waals surface area contributed by atoms with E-state index in [0.717, 1.165) is 14.7 Å². The van der Waals surface area contributed by atoms with E-state index >= 15 is 0 Å². The molecular formula is C17H30NOP. The zero-order valence-corrected chi connectivity index (χ0v) is 15.3. The molecule has 0 aromatic rings. The molecule has 2 aliphatic rings. The predicted molar refractivity (Wildman–Crippen MR) is 88.1 cm³/mol. The molecule has 2 nitrogen and oxygen atoms in total. The molecule has 2 heterocycles. The molecule has 1 fully saturated rings. The van der Waals surface area contributed by atoms with Gasteiger partial charge < -0.3 is 4.90 Å². The van der Waals surface area contributed by atoms with Crippen molar-refractivity contribution in [3.05, 3.63) is 11.3 Å². The van der Waals surface area contributed by atoms with Gasteiger partial charge in [0.15, 0.2) is 0 Å². The first kappa shape index (κ1) is 16.0. The van der Waals surface area contributed by atoms with Crippen LogP contribution in [0.4, 0.5) is 0 Å². The van der Waals surface area contributed by atoms with E-state index in [1.807, 2.05) is 0 Å². The van der Waals surface area contributed by atoms with Gasteiger partial charge in [-0.2, -0.15) is 0 Å². The molecule has 2 atom stereocenters. The Balaban J connectivity index is 2.66. The van der Waals surface area contributed by atoms with Crippen LogP contribution >= 0.6 is 8.58 Å². The van der Waals surface area contributed by atoms with E-state index in [1.54, 1.807) is 0 Å². The molecule has 0 radical (unpaired) electrons. The second-order valence-corrected chi connectivity index (χ2v) is 8.93. The molecule has 2 aliphatic heterocycles. The minimum Gasteiger partial charge on any atom is -0.305 e. The summed E-state index contributed by atoms with van der Waals surface area (Å²) < 4.78 is 0. The summed E-state index contributed by atoms with van der Waals surface area (Å²) in [6.07, 6.45) is 1.16. The second kappa shape index (κ2) is 4.83. The number of fused-ring (bicyclic) bond motifs is 1. The Morgan fingerprint density at radius 1 is 1.00 bits per heavy atom. The number of hydrogen-bond acceptors (Lipinski definition) is 1. The van der Waals surface area contributed by atoms with Crippen molar-refractivity contribution in [3.63, 3.8) is 0 Å². The number of carbonyl (C=O) groups excluding carboxylic acids is 1. The van der Waals surface area contributed by atoms with Crippen molar-refractivity contribution in [1.82, 2.24) is 4.90 Å². The highest BCUT2D eigenvalue weighted by molar-refractivity contribution is 7.40. The average Bonchev–Trinajstić information content (AvgIpc) is 2.31. The van der Waals surface area contributed by atoms with Crippen molar-refractivity contribution in [1.29, 1.82) is 0 Å². The first-order valence-electron chi connectivity index (χ1n) is 7.91. The number of allylic oxidation sites excluding steroid dienone is 2.